The molecule has 0 unspecified atom stereocenters. The molecule has 1 aliphatic carbocycles. The number of carbonyl (C=O) groups excluding carboxylic acids is 1. The van der Waals surface area contributed by atoms with Gasteiger partial charge in [0.25, 0.3) is 5.91 Å². The smallest absolute Gasteiger partial charge is 0.251 e. The molecule has 0 aliphatic heterocycles. The molecular formula is C13H18N2O. The van der Waals surface area contributed by atoms with Crippen molar-refractivity contribution in [3.63, 3.8) is 0 Å². The Kier molecular flexibility index (Phi) is 3.25. The second-order valence-electron chi connectivity index (χ2n) is 4.45. The first-order valence-corrected chi connectivity index (χ1v) is 5.83. The Morgan fingerprint density at radius 3 is 2.94 bits per heavy atom. The van der Waals surface area contributed by atoms with Gasteiger partial charge in [0.2, 0.25) is 0 Å². The third kappa shape index (κ3) is 2.25. The fourth-order valence-electron chi connectivity index (χ4n) is 2.08. The molecule has 0 aromatic heterocycles. The molecule has 0 bridgehead atoms. The molecule has 1 aromatic rings. The van der Waals surface area contributed by atoms with Gasteiger partial charge >= 0.3 is 0 Å². The van der Waals surface area contributed by atoms with Crippen LogP contribution < -0.4 is 11.1 Å². The first kappa shape index (κ1) is 11.1. The fraction of sp³-hybridized carbons (Fsp3) is 0.462. The lowest BCUT2D eigenvalue weighted by atomic mass is 10.1. The molecule has 2 rings (SSSR count). The minimum atomic E-state index is -0.0207. The number of nitrogens with one attached hydrogen (secondary N) is 1. The molecule has 1 aliphatic rings. The summed E-state index contributed by atoms with van der Waals surface area (Å²) in [6, 6.07) is 6.02. The van der Waals surface area contributed by atoms with E-state index in [1.165, 1.54) is 17.5 Å². The van der Waals surface area contributed by atoms with E-state index >= 15 is 0 Å². The van der Waals surface area contributed by atoms with E-state index in [0.717, 1.165) is 18.4 Å². The van der Waals surface area contributed by atoms with Crippen molar-refractivity contribution in [3.05, 3.63) is 34.9 Å². The molecular weight excluding hydrogens is 200 g/mol. The van der Waals surface area contributed by atoms with E-state index in [1.807, 2.05) is 19.1 Å². The lowest BCUT2D eigenvalue weighted by molar-refractivity contribution is 0.0941. The predicted molar refractivity (Wildman–Crippen MR) is 64.4 cm³/mol. The van der Waals surface area contributed by atoms with Gasteiger partial charge in [-0.1, -0.05) is 6.07 Å². The largest absolute Gasteiger partial charge is 0.348 e. The zero-order valence-corrected chi connectivity index (χ0v) is 9.62. The highest BCUT2D eigenvalue weighted by Gasteiger charge is 2.14. The van der Waals surface area contributed by atoms with E-state index in [0.29, 0.717) is 6.54 Å². The van der Waals surface area contributed by atoms with Crippen molar-refractivity contribution in [3.8, 4) is 0 Å². The van der Waals surface area contributed by atoms with Gasteiger partial charge < -0.3 is 11.1 Å². The summed E-state index contributed by atoms with van der Waals surface area (Å²) in [6.45, 7) is 2.38. The van der Waals surface area contributed by atoms with Crippen LogP contribution in [0, 0.1) is 0 Å². The second kappa shape index (κ2) is 4.66. The molecule has 16 heavy (non-hydrogen) atoms. The SMILES string of the molecule is C[C@H](CN)NC(=O)c1ccc2c(c1)CCC2. The lowest BCUT2D eigenvalue weighted by Gasteiger charge is -2.11. The van der Waals surface area contributed by atoms with Gasteiger partial charge in [0.1, 0.15) is 0 Å². The number of amides is 1. The summed E-state index contributed by atoms with van der Waals surface area (Å²) in [5.74, 6) is -0.0207. The van der Waals surface area contributed by atoms with Gasteiger partial charge in [-0.2, -0.15) is 0 Å². The number of nitrogens with two attached hydrogens (primary N) is 1. The van der Waals surface area contributed by atoms with Crippen LogP contribution in [-0.2, 0) is 12.8 Å². The second-order valence-corrected chi connectivity index (χ2v) is 4.45. The molecule has 0 spiro atoms. The lowest BCUT2D eigenvalue weighted by Crippen LogP contribution is -2.37. The fourth-order valence-corrected chi connectivity index (χ4v) is 2.08. The molecule has 1 atom stereocenters. The van der Waals surface area contributed by atoms with Gasteiger partial charge in [-0.3, -0.25) is 4.79 Å². The van der Waals surface area contributed by atoms with Crippen LogP contribution in [0.25, 0.3) is 0 Å². The quantitative estimate of drug-likeness (QED) is 0.802. The summed E-state index contributed by atoms with van der Waals surface area (Å²) in [6.07, 6.45) is 3.46. The number of hydrogen-bond acceptors (Lipinski definition) is 2. The minimum Gasteiger partial charge on any atom is -0.348 e. The molecule has 1 aromatic carbocycles. The van der Waals surface area contributed by atoms with Gasteiger partial charge in [0, 0.05) is 18.2 Å². The van der Waals surface area contributed by atoms with Crippen molar-refractivity contribution in [1.82, 2.24) is 5.32 Å². The number of fused-ring (bicyclic) bond motifs is 1. The summed E-state index contributed by atoms with van der Waals surface area (Å²) >= 11 is 0. The molecule has 3 N–H and O–H groups in total. The van der Waals surface area contributed by atoms with E-state index < -0.39 is 0 Å². The Morgan fingerprint density at radius 2 is 2.19 bits per heavy atom. The van der Waals surface area contributed by atoms with Crippen molar-refractivity contribution in [2.45, 2.75) is 32.2 Å². The van der Waals surface area contributed by atoms with Gasteiger partial charge in [0.05, 0.1) is 0 Å². The monoisotopic (exact) mass is 218 g/mol. The molecule has 0 saturated heterocycles. The zero-order valence-electron chi connectivity index (χ0n) is 9.62. The van der Waals surface area contributed by atoms with Crippen molar-refractivity contribution in [1.29, 1.82) is 0 Å². The summed E-state index contributed by atoms with van der Waals surface area (Å²) in [5, 5.41) is 2.87. The number of rotatable bonds is 3. The van der Waals surface area contributed by atoms with Crippen LogP contribution in [0.1, 0.15) is 34.8 Å². The molecule has 1 amide bonds. The van der Waals surface area contributed by atoms with Crippen LogP contribution in [0.5, 0.6) is 0 Å². The molecule has 0 fully saturated rings. The number of aryl methyl sites for hydroxylation is 2. The van der Waals surface area contributed by atoms with Crippen molar-refractivity contribution in [2.24, 2.45) is 5.73 Å². The van der Waals surface area contributed by atoms with E-state index in [1.54, 1.807) is 0 Å². The molecule has 0 heterocycles. The normalized spacial score (nSPS) is 15.6. The van der Waals surface area contributed by atoms with Crippen LogP contribution in [0.4, 0.5) is 0 Å². The number of hydrogen-bond donors (Lipinski definition) is 2. The minimum absolute atomic E-state index is 0.0207. The van der Waals surface area contributed by atoms with E-state index in [4.69, 9.17) is 5.73 Å². The first-order chi connectivity index (χ1) is 7.70. The Balaban J connectivity index is 2.12. The maximum absolute atomic E-state index is 11.8. The van der Waals surface area contributed by atoms with E-state index in [9.17, 15) is 4.79 Å². The van der Waals surface area contributed by atoms with Crippen LogP contribution in [0.15, 0.2) is 18.2 Å². The van der Waals surface area contributed by atoms with Gasteiger partial charge in [-0.25, -0.2) is 0 Å². The van der Waals surface area contributed by atoms with Crippen molar-refractivity contribution < 1.29 is 4.79 Å². The third-order valence-corrected chi connectivity index (χ3v) is 3.09. The molecule has 3 nitrogen and oxygen atoms in total. The standard InChI is InChI=1S/C13H18N2O/c1-9(8-14)15-13(16)12-6-5-10-3-2-4-11(10)7-12/h5-7,9H,2-4,8,14H2,1H3,(H,15,16)/t9-/m1/s1. The van der Waals surface area contributed by atoms with Crippen LogP contribution in [0.3, 0.4) is 0 Å². The first-order valence-electron chi connectivity index (χ1n) is 5.83. The third-order valence-electron chi connectivity index (χ3n) is 3.09. The Hall–Kier alpha value is -1.35. The Morgan fingerprint density at radius 1 is 1.44 bits per heavy atom. The van der Waals surface area contributed by atoms with Crippen LogP contribution in [0.2, 0.25) is 0 Å². The van der Waals surface area contributed by atoms with Crippen LogP contribution >= 0.6 is 0 Å². The molecule has 86 valence electrons. The van der Waals surface area contributed by atoms with Gasteiger partial charge in [-0.15, -0.1) is 0 Å². The summed E-state index contributed by atoms with van der Waals surface area (Å²) in [4.78, 5) is 11.8. The van der Waals surface area contributed by atoms with Crippen molar-refractivity contribution in [2.75, 3.05) is 6.54 Å². The number of benzene rings is 1. The molecule has 0 saturated carbocycles. The predicted octanol–water partition coefficient (Wildman–Crippen LogP) is 1.25. The maximum atomic E-state index is 11.8. The highest BCUT2D eigenvalue weighted by atomic mass is 16.1. The van der Waals surface area contributed by atoms with Gasteiger partial charge in [-0.05, 0) is 49.4 Å². The highest BCUT2D eigenvalue weighted by molar-refractivity contribution is 5.94. The maximum Gasteiger partial charge on any atom is 0.251 e. The number of carbonyl (C=O) groups is 1. The average molecular weight is 218 g/mol. The summed E-state index contributed by atoms with van der Waals surface area (Å²) in [7, 11) is 0. The topological polar surface area (TPSA) is 55.1 Å². The summed E-state index contributed by atoms with van der Waals surface area (Å²) < 4.78 is 0. The highest BCUT2D eigenvalue weighted by Crippen LogP contribution is 2.22. The Labute approximate surface area is 96.0 Å². The zero-order chi connectivity index (χ0) is 11.5. The summed E-state index contributed by atoms with van der Waals surface area (Å²) in [5.41, 5.74) is 8.94. The Bertz CT molecular complexity index is 401. The average Bonchev–Trinajstić information content (AvgIpc) is 2.75. The van der Waals surface area contributed by atoms with E-state index in [2.05, 4.69) is 11.4 Å². The van der Waals surface area contributed by atoms with Gasteiger partial charge in [0.15, 0.2) is 0 Å². The van der Waals surface area contributed by atoms with Crippen LogP contribution in [-0.4, -0.2) is 18.5 Å². The molecule has 0 radical (unpaired) electrons. The molecule has 3 heteroatoms. The van der Waals surface area contributed by atoms with E-state index in [-0.39, 0.29) is 11.9 Å². The van der Waals surface area contributed by atoms with Crippen molar-refractivity contribution >= 4 is 5.91 Å².